The monoisotopic (exact) mass is 1880 g/mol. The van der Waals surface area contributed by atoms with E-state index in [4.69, 9.17) is 28.4 Å². The third kappa shape index (κ3) is 26.8. The molecule has 0 aliphatic carbocycles. The van der Waals surface area contributed by atoms with Crippen LogP contribution in [-0.2, 0) is 110 Å². The fourth-order valence-corrected chi connectivity index (χ4v) is 15.1. The molecular formula is C103H86O31S2. The van der Waals surface area contributed by atoms with E-state index in [1.165, 1.54) is 111 Å². The number of hydrogen-bond acceptors (Lipinski definition) is 25. The zero-order chi connectivity index (χ0) is 99.0. The number of rotatable bonds is 32. The number of benzene rings is 12. The summed E-state index contributed by atoms with van der Waals surface area (Å²) in [5.74, 6) is -16.0. The third-order valence-electron chi connectivity index (χ3n) is 20.4. The highest BCUT2D eigenvalue weighted by Gasteiger charge is 2.30. The van der Waals surface area contributed by atoms with E-state index in [1.807, 2.05) is 48.5 Å². The van der Waals surface area contributed by atoms with Crippen molar-refractivity contribution < 1.29 is 149 Å². The van der Waals surface area contributed by atoms with Gasteiger partial charge in [-0.1, -0.05) is 187 Å². The van der Waals surface area contributed by atoms with Crippen molar-refractivity contribution in [3.05, 3.63) is 400 Å². The lowest BCUT2D eigenvalue weighted by atomic mass is 9.87. The number of methoxy groups -OCH3 is 2. The second-order valence-corrected chi connectivity index (χ2v) is 34.7. The maximum Gasteiger partial charge on any atom is 0.339 e. The van der Waals surface area contributed by atoms with Crippen molar-refractivity contribution in [3.63, 3.8) is 0 Å². The minimum Gasteiger partial charge on any atom is -0.478 e. The zero-order valence-corrected chi connectivity index (χ0v) is 75.5. The van der Waals surface area contributed by atoms with Crippen molar-refractivity contribution in [2.24, 2.45) is 0 Å². The summed E-state index contributed by atoms with van der Waals surface area (Å²) < 4.78 is 68.1. The van der Waals surface area contributed by atoms with Crippen molar-refractivity contribution in [2.75, 3.05) is 14.2 Å². The second kappa shape index (κ2) is 45.8. The average Bonchev–Trinajstić information content (AvgIpc) is 0.798. The van der Waals surface area contributed by atoms with Gasteiger partial charge in [0.1, 0.15) is 39.6 Å². The Morgan fingerprint density at radius 1 is 0.228 bits per heavy atom. The van der Waals surface area contributed by atoms with E-state index in [1.54, 1.807) is 60.7 Å². The number of carbonyl (C=O) groups is 15. The summed E-state index contributed by atoms with van der Waals surface area (Å²) in [6.07, 6.45) is 0. The number of ketones is 1. The van der Waals surface area contributed by atoms with Gasteiger partial charge < -0.3 is 68.5 Å². The largest absolute Gasteiger partial charge is 0.478 e. The highest BCUT2D eigenvalue weighted by atomic mass is 32.2. The van der Waals surface area contributed by atoms with E-state index < -0.39 is 139 Å². The highest BCUT2D eigenvalue weighted by Crippen LogP contribution is 2.31. The molecule has 0 saturated heterocycles. The van der Waals surface area contributed by atoms with E-state index >= 15 is 0 Å². The van der Waals surface area contributed by atoms with E-state index in [0.717, 1.165) is 77.4 Å². The Kier molecular flexibility index (Phi) is 34.1. The van der Waals surface area contributed by atoms with Gasteiger partial charge in [-0.2, -0.15) is 0 Å². The molecule has 12 aromatic carbocycles. The first-order valence-electron chi connectivity index (χ1n) is 40.9. The summed E-state index contributed by atoms with van der Waals surface area (Å²) in [7, 11) is -1.71. The Hall–Kier alpha value is -16.8. The van der Waals surface area contributed by atoms with Crippen LogP contribution in [0.2, 0.25) is 0 Å². The molecule has 12 aromatic rings. The lowest BCUT2D eigenvalue weighted by molar-refractivity contribution is 0.0457. The quantitative estimate of drug-likeness (QED) is 0.0130. The second-order valence-electron chi connectivity index (χ2n) is 31.7. The van der Waals surface area contributed by atoms with Gasteiger partial charge in [0, 0.05) is 30.7 Å². The van der Waals surface area contributed by atoms with Gasteiger partial charge in [0.05, 0.1) is 114 Å². The Morgan fingerprint density at radius 2 is 0.434 bits per heavy atom. The molecule has 0 radical (unpaired) electrons. The highest BCUT2D eigenvalue weighted by molar-refractivity contribution is 7.85. The van der Waals surface area contributed by atoms with Gasteiger partial charge in [-0.05, 0) is 177 Å². The number of ether oxygens (including phenoxy) is 8. The minimum absolute atomic E-state index is 0.0167. The molecule has 6 N–H and O–H groups in total. The van der Waals surface area contributed by atoms with Gasteiger partial charge in [-0.15, -0.1) is 0 Å². The lowest BCUT2D eigenvalue weighted by Crippen LogP contribution is -2.15. The Bertz CT molecular complexity index is 6670. The number of carbonyl (C=O) groups excluding carboxylic acids is 9. The van der Waals surface area contributed by atoms with Crippen LogP contribution in [0.25, 0.3) is 0 Å². The molecule has 696 valence electrons. The van der Waals surface area contributed by atoms with E-state index in [-0.39, 0.29) is 131 Å². The summed E-state index contributed by atoms with van der Waals surface area (Å²) in [5.41, 5.74) is 1.95. The third-order valence-corrected chi connectivity index (χ3v) is 23.1. The van der Waals surface area contributed by atoms with Crippen LogP contribution in [0.3, 0.4) is 0 Å². The van der Waals surface area contributed by atoms with Gasteiger partial charge in [-0.25, -0.2) is 75.5 Å². The number of aromatic carboxylic acids is 6. The predicted molar refractivity (Wildman–Crippen MR) is 487 cm³/mol. The minimum atomic E-state index is -2.13. The molecule has 0 aromatic heterocycles. The summed E-state index contributed by atoms with van der Waals surface area (Å²) >= 11 is 0. The van der Waals surface area contributed by atoms with Crippen molar-refractivity contribution in [1.29, 1.82) is 0 Å². The molecule has 0 amide bonds. The number of carboxylic acids is 6. The first kappa shape index (κ1) is 101. The van der Waals surface area contributed by atoms with E-state index in [0.29, 0.717) is 27.8 Å². The Morgan fingerprint density at radius 3 is 0.699 bits per heavy atom. The standard InChI is InChI=1S/C38H38O9S.C34H26O13S.C31H22O9/c1-37(2,3)25-11-7-23(8-12-25)21-46-35(43)30-18-16-27(19-31(30)34(41)42)48(45)28-15-17-29(33(39)40)32(20-28)36(44)47-22-24-9-13-26(14-10-24)38(4,5)6;1-44-31(39)21-7-3-19(4-8-21)17-46-33(41)26-14-12-23(15-27(26)30(37)38)48(43)24-11-13-25(29(35)36)28(16-24)34(42)47-18-20-5-9-22(10-6-20)32(40)45-2;32-27(21-12-14-24(25(15-21)29(35)36)30(37)39-17-19-7-3-1-4-8-19)22-11-13-23(28(33)34)26(16-22)31(38)40-18-20-9-5-2-6-10-20/h7-20H,21-22H2,1-6H3,(H,39,40)(H,41,42);3-16H,17-18H2,1-2H3,(H,35,36)(H,37,38);1-16H,17-18H2,(H,33,34)(H,35,36). The molecule has 33 heteroatoms. The van der Waals surface area contributed by atoms with E-state index in [9.17, 15) is 111 Å². The Labute approximate surface area is 781 Å². The molecule has 0 aliphatic rings. The van der Waals surface area contributed by atoms with Crippen molar-refractivity contribution in [2.45, 2.75) is 112 Å². The smallest absolute Gasteiger partial charge is 0.339 e. The molecule has 2 unspecified atom stereocenters. The van der Waals surface area contributed by atoms with Crippen molar-refractivity contribution in [1.82, 2.24) is 0 Å². The summed E-state index contributed by atoms with van der Waals surface area (Å²) in [4.78, 5) is 185. The van der Waals surface area contributed by atoms with Crippen LogP contribution in [0.1, 0.15) is 247 Å². The number of carboxylic acid groups (broad SMARTS) is 6. The normalized spacial score (nSPS) is 11.3. The molecule has 31 nitrogen and oxygen atoms in total. The fourth-order valence-electron chi connectivity index (χ4n) is 12.9. The molecule has 0 spiro atoms. The van der Waals surface area contributed by atoms with Crippen molar-refractivity contribution in [3.8, 4) is 0 Å². The predicted octanol–water partition coefficient (Wildman–Crippen LogP) is 17.1. The van der Waals surface area contributed by atoms with Gasteiger partial charge in [0.2, 0.25) is 0 Å². The zero-order valence-electron chi connectivity index (χ0n) is 73.9. The molecule has 2 atom stereocenters. The molecular weight excluding hydrogens is 1800 g/mol. The molecule has 0 aliphatic heterocycles. The van der Waals surface area contributed by atoms with E-state index in [2.05, 4.69) is 51.0 Å². The molecule has 136 heavy (non-hydrogen) atoms. The van der Waals surface area contributed by atoms with Crippen LogP contribution >= 0.6 is 0 Å². The SMILES string of the molecule is CC(C)(C)c1ccc(COC(=O)c2ccc(S(=O)c3ccc(C(=O)O)c(C(=O)OCc4ccc(C(C)(C)C)cc4)c3)cc2C(=O)O)cc1.COC(=O)c1ccc(COC(=O)c2ccc(S(=O)c3ccc(C(=O)O)c(C(=O)OCc4ccc(C(=O)OC)cc4)c3)cc2C(=O)O)cc1.O=C(c1ccc(C(=O)OCc2ccccc2)c(C(=O)O)c1)c1ccc(C(=O)O)c(C(=O)OCc2ccccc2)c1. The first-order chi connectivity index (χ1) is 64.6. The molecule has 0 saturated carbocycles. The topological polar surface area (TPSA) is 485 Å². The number of hydrogen-bond donors (Lipinski definition) is 6. The molecule has 12 rings (SSSR count). The summed E-state index contributed by atoms with van der Waals surface area (Å²) in [6, 6.07) is 65.4. The van der Waals surface area contributed by atoms with Crippen LogP contribution in [-0.4, -0.2) is 143 Å². The molecule has 0 heterocycles. The van der Waals surface area contributed by atoms with Gasteiger partial charge >= 0.3 is 83.6 Å². The van der Waals surface area contributed by atoms with Crippen molar-refractivity contribution >= 4 is 111 Å². The average molecular weight is 1880 g/mol. The maximum atomic E-state index is 13.6. The maximum absolute atomic E-state index is 13.6. The van der Waals surface area contributed by atoms with Gasteiger partial charge in [-0.3, -0.25) is 4.79 Å². The van der Waals surface area contributed by atoms with Gasteiger partial charge in [0.15, 0.2) is 5.78 Å². The molecule has 0 bridgehead atoms. The molecule has 0 fully saturated rings. The summed E-state index contributed by atoms with van der Waals surface area (Å²) in [6.45, 7) is 11.6. The Balaban J connectivity index is 0.000000212. The fraction of sp³-hybridized carbons (Fsp3) is 0.155. The van der Waals surface area contributed by atoms with Crippen LogP contribution in [0, 0.1) is 0 Å². The first-order valence-corrected chi connectivity index (χ1v) is 43.2. The van der Waals surface area contributed by atoms with Crippen LogP contribution < -0.4 is 0 Å². The lowest BCUT2D eigenvalue weighted by Gasteiger charge is -2.19. The van der Waals surface area contributed by atoms with Gasteiger partial charge in [0.25, 0.3) is 0 Å². The van der Waals surface area contributed by atoms with Crippen LogP contribution in [0.4, 0.5) is 0 Å². The van der Waals surface area contributed by atoms with Crippen LogP contribution in [0.5, 0.6) is 0 Å². The summed E-state index contributed by atoms with van der Waals surface area (Å²) in [5, 5.41) is 58.3. The van der Waals surface area contributed by atoms with Crippen LogP contribution in [0.15, 0.2) is 287 Å². The number of esters is 8.